The van der Waals surface area contributed by atoms with Crippen LogP contribution >= 0.6 is 0 Å². The van der Waals surface area contributed by atoms with Gasteiger partial charge in [0.2, 0.25) is 0 Å². The molecule has 0 saturated heterocycles. The first-order valence-electron chi connectivity index (χ1n) is 8.04. The van der Waals surface area contributed by atoms with Crippen LogP contribution in [0.2, 0.25) is 0 Å². The highest BCUT2D eigenvalue weighted by atomic mass is 19.1. The smallest absolute Gasteiger partial charge is 0.319 e. The van der Waals surface area contributed by atoms with Gasteiger partial charge in [0.05, 0.1) is 5.54 Å². The maximum absolute atomic E-state index is 13.1. The van der Waals surface area contributed by atoms with E-state index in [0.717, 1.165) is 16.8 Å². The summed E-state index contributed by atoms with van der Waals surface area (Å²) in [6, 6.07) is 13.6. The van der Waals surface area contributed by atoms with Gasteiger partial charge in [0.25, 0.3) is 0 Å². The molecule has 0 aliphatic rings. The monoisotopic (exact) mass is 328 g/mol. The Hall–Kier alpha value is -2.36. The standard InChI is InChI=1S/C20H25FN2O/c1-19(2,3)16-8-6-7-9-17(16)22-18(24)23-20(4,5)14-10-12-15(21)13-11-14/h6-13H,1-5H3,(H2,22,23,24). The topological polar surface area (TPSA) is 41.1 Å². The van der Waals surface area contributed by atoms with Gasteiger partial charge in [-0.05, 0) is 48.6 Å². The lowest BCUT2D eigenvalue weighted by Gasteiger charge is -2.28. The third-order valence-corrected chi connectivity index (χ3v) is 3.98. The summed E-state index contributed by atoms with van der Waals surface area (Å²) in [5, 5.41) is 5.88. The van der Waals surface area contributed by atoms with E-state index in [2.05, 4.69) is 31.4 Å². The number of halogens is 1. The number of nitrogens with one attached hydrogen (secondary N) is 2. The van der Waals surface area contributed by atoms with Crippen LogP contribution in [-0.4, -0.2) is 6.03 Å². The van der Waals surface area contributed by atoms with Gasteiger partial charge in [0.1, 0.15) is 5.82 Å². The SMILES string of the molecule is CC(C)(C)c1ccccc1NC(=O)NC(C)(C)c1ccc(F)cc1. The summed E-state index contributed by atoms with van der Waals surface area (Å²) in [6.45, 7) is 10.1. The highest BCUT2D eigenvalue weighted by Crippen LogP contribution is 2.29. The minimum Gasteiger partial charge on any atom is -0.329 e. The minimum atomic E-state index is -0.617. The molecule has 2 aromatic carbocycles. The van der Waals surface area contributed by atoms with Crippen molar-refractivity contribution >= 4 is 11.7 Å². The van der Waals surface area contributed by atoms with Crippen molar-refractivity contribution in [2.75, 3.05) is 5.32 Å². The Labute approximate surface area is 143 Å². The van der Waals surface area contributed by atoms with Crippen LogP contribution in [0, 0.1) is 5.82 Å². The first kappa shape index (κ1) is 18.0. The van der Waals surface area contributed by atoms with E-state index < -0.39 is 5.54 Å². The molecule has 2 amide bonds. The van der Waals surface area contributed by atoms with E-state index in [1.807, 2.05) is 38.1 Å². The molecule has 0 radical (unpaired) electrons. The molecule has 0 atom stereocenters. The van der Waals surface area contributed by atoms with Crippen molar-refractivity contribution in [2.24, 2.45) is 0 Å². The van der Waals surface area contributed by atoms with E-state index in [1.54, 1.807) is 12.1 Å². The first-order valence-corrected chi connectivity index (χ1v) is 8.04. The fraction of sp³-hybridized carbons (Fsp3) is 0.350. The number of urea groups is 1. The van der Waals surface area contributed by atoms with Gasteiger partial charge < -0.3 is 10.6 Å². The Morgan fingerprint density at radius 3 is 2.08 bits per heavy atom. The molecule has 0 spiro atoms. The van der Waals surface area contributed by atoms with Crippen LogP contribution in [0.4, 0.5) is 14.9 Å². The van der Waals surface area contributed by atoms with Crippen molar-refractivity contribution < 1.29 is 9.18 Å². The van der Waals surface area contributed by atoms with E-state index in [0.29, 0.717) is 0 Å². The molecule has 2 rings (SSSR count). The lowest BCUT2D eigenvalue weighted by molar-refractivity contribution is 0.242. The predicted octanol–water partition coefficient (Wildman–Crippen LogP) is 5.18. The lowest BCUT2D eigenvalue weighted by atomic mass is 9.86. The molecule has 2 N–H and O–H groups in total. The van der Waals surface area contributed by atoms with Crippen molar-refractivity contribution in [3.05, 3.63) is 65.5 Å². The second-order valence-electron chi connectivity index (χ2n) is 7.51. The van der Waals surface area contributed by atoms with Gasteiger partial charge in [-0.1, -0.05) is 51.1 Å². The first-order chi connectivity index (χ1) is 11.1. The molecule has 0 heterocycles. The summed E-state index contributed by atoms with van der Waals surface area (Å²) in [4.78, 5) is 12.5. The normalized spacial score (nSPS) is 11.9. The van der Waals surface area contributed by atoms with Gasteiger partial charge in [-0.3, -0.25) is 0 Å². The zero-order chi connectivity index (χ0) is 18.0. The Balaban J connectivity index is 2.15. The molecular weight excluding hydrogens is 303 g/mol. The maximum atomic E-state index is 13.1. The van der Waals surface area contributed by atoms with Crippen molar-refractivity contribution in [3.63, 3.8) is 0 Å². The van der Waals surface area contributed by atoms with Gasteiger partial charge >= 0.3 is 6.03 Å². The van der Waals surface area contributed by atoms with Crippen molar-refractivity contribution in [1.29, 1.82) is 0 Å². The van der Waals surface area contributed by atoms with Gasteiger partial charge in [-0.2, -0.15) is 0 Å². The van der Waals surface area contributed by atoms with Crippen LogP contribution in [0.1, 0.15) is 45.7 Å². The number of hydrogen-bond acceptors (Lipinski definition) is 1. The van der Waals surface area contributed by atoms with Crippen LogP contribution in [0.5, 0.6) is 0 Å². The van der Waals surface area contributed by atoms with Crippen LogP contribution in [-0.2, 0) is 11.0 Å². The van der Waals surface area contributed by atoms with Crippen molar-refractivity contribution in [3.8, 4) is 0 Å². The Morgan fingerprint density at radius 2 is 1.50 bits per heavy atom. The quantitative estimate of drug-likeness (QED) is 0.801. The third-order valence-electron chi connectivity index (χ3n) is 3.98. The summed E-state index contributed by atoms with van der Waals surface area (Å²) >= 11 is 0. The number of benzene rings is 2. The average Bonchev–Trinajstić information content (AvgIpc) is 2.46. The summed E-state index contributed by atoms with van der Waals surface area (Å²) in [5.74, 6) is -0.293. The zero-order valence-corrected chi connectivity index (χ0v) is 14.9. The van der Waals surface area contributed by atoms with Gasteiger partial charge in [0.15, 0.2) is 0 Å². The molecule has 0 fully saturated rings. The van der Waals surface area contributed by atoms with E-state index >= 15 is 0 Å². The maximum Gasteiger partial charge on any atom is 0.319 e. The molecule has 0 unspecified atom stereocenters. The highest BCUT2D eigenvalue weighted by molar-refractivity contribution is 5.90. The molecule has 2 aromatic rings. The molecule has 3 nitrogen and oxygen atoms in total. The summed E-state index contributed by atoms with van der Waals surface area (Å²) < 4.78 is 13.1. The average molecular weight is 328 g/mol. The number of rotatable bonds is 3. The van der Waals surface area contributed by atoms with Crippen LogP contribution in [0.25, 0.3) is 0 Å². The van der Waals surface area contributed by atoms with Crippen LogP contribution in [0.15, 0.2) is 48.5 Å². The second-order valence-corrected chi connectivity index (χ2v) is 7.51. The molecule has 24 heavy (non-hydrogen) atoms. The number of hydrogen-bond donors (Lipinski definition) is 2. The molecular formula is C20H25FN2O. The lowest BCUT2D eigenvalue weighted by Crippen LogP contribution is -2.43. The van der Waals surface area contributed by atoms with Crippen molar-refractivity contribution in [1.82, 2.24) is 5.32 Å². The molecule has 0 aliphatic heterocycles. The van der Waals surface area contributed by atoms with E-state index in [1.165, 1.54) is 12.1 Å². The van der Waals surface area contributed by atoms with Crippen molar-refractivity contribution in [2.45, 2.75) is 45.6 Å². The van der Waals surface area contributed by atoms with Crippen LogP contribution < -0.4 is 10.6 Å². The molecule has 0 aromatic heterocycles. The van der Waals surface area contributed by atoms with Crippen LogP contribution in [0.3, 0.4) is 0 Å². The molecule has 128 valence electrons. The predicted molar refractivity (Wildman–Crippen MR) is 96.7 cm³/mol. The number of amides is 2. The fourth-order valence-electron chi connectivity index (χ4n) is 2.62. The molecule has 4 heteroatoms. The number of anilines is 1. The Bertz CT molecular complexity index is 715. The zero-order valence-electron chi connectivity index (χ0n) is 14.9. The second kappa shape index (κ2) is 6.63. The number of carbonyl (C=O) groups is 1. The van der Waals surface area contributed by atoms with Gasteiger partial charge in [-0.15, -0.1) is 0 Å². The molecule has 0 aliphatic carbocycles. The minimum absolute atomic E-state index is 0.0731. The molecule has 0 saturated carbocycles. The number of carbonyl (C=O) groups excluding carboxylic acids is 1. The third kappa shape index (κ3) is 4.34. The van der Waals surface area contributed by atoms with E-state index in [-0.39, 0.29) is 17.3 Å². The summed E-state index contributed by atoms with van der Waals surface area (Å²) in [6.07, 6.45) is 0. The number of para-hydroxylation sites is 1. The highest BCUT2D eigenvalue weighted by Gasteiger charge is 2.24. The fourth-order valence-corrected chi connectivity index (χ4v) is 2.62. The Morgan fingerprint density at radius 1 is 0.917 bits per heavy atom. The summed E-state index contributed by atoms with van der Waals surface area (Å²) in [7, 11) is 0. The summed E-state index contributed by atoms with van der Waals surface area (Å²) in [5.41, 5.74) is 2.01. The van der Waals surface area contributed by atoms with E-state index in [4.69, 9.17) is 0 Å². The van der Waals surface area contributed by atoms with Gasteiger partial charge in [-0.25, -0.2) is 9.18 Å². The largest absolute Gasteiger partial charge is 0.329 e. The Kier molecular flexibility index (Phi) is 4.97. The molecule has 0 bridgehead atoms. The van der Waals surface area contributed by atoms with Gasteiger partial charge in [0, 0.05) is 5.69 Å². The van der Waals surface area contributed by atoms with E-state index in [9.17, 15) is 9.18 Å².